The van der Waals surface area contributed by atoms with Gasteiger partial charge in [0.05, 0.1) is 11.3 Å². The molecule has 0 saturated carbocycles. The van der Waals surface area contributed by atoms with Crippen molar-refractivity contribution in [3.63, 3.8) is 0 Å². The van der Waals surface area contributed by atoms with E-state index in [0.29, 0.717) is 11.4 Å². The van der Waals surface area contributed by atoms with Crippen LogP contribution in [0.2, 0.25) is 0 Å². The standard InChI is InChI=1S/C21H14F3NO/c22-21(23,24)17-10-11-18-20(12-17)26-13-19(25-18)16-8-6-15(7-9-16)14-4-2-1-3-5-14/h1-12H,13H2. The zero-order valence-corrected chi connectivity index (χ0v) is 13.6. The Kier molecular flexibility index (Phi) is 3.99. The summed E-state index contributed by atoms with van der Waals surface area (Å²) in [4.78, 5) is 4.47. The number of hydrogen-bond acceptors (Lipinski definition) is 2. The molecule has 130 valence electrons. The van der Waals surface area contributed by atoms with Crippen LogP contribution in [0, 0.1) is 0 Å². The number of ether oxygens (including phenoxy) is 1. The van der Waals surface area contributed by atoms with E-state index in [2.05, 4.69) is 4.99 Å². The number of hydrogen-bond donors (Lipinski definition) is 0. The minimum atomic E-state index is -4.39. The van der Waals surface area contributed by atoms with E-state index in [1.54, 1.807) is 0 Å². The highest BCUT2D eigenvalue weighted by molar-refractivity contribution is 6.04. The predicted molar refractivity (Wildman–Crippen MR) is 95.0 cm³/mol. The summed E-state index contributed by atoms with van der Waals surface area (Å²) in [6.45, 7) is 0.138. The van der Waals surface area contributed by atoms with Crippen molar-refractivity contribution in [1.82, 2.24) is 0 Å². The molecule has 0 N–H and O–H groups in total. The fourth-order valence-electron chi connectivity index (χ4n) is 2.86. The lowest BCUT2D eigenvalue weighted by Crippen LogP contribution is -2.17. The van der Waals surface area contributed by atoms with Gasteiger partial charge in [-0.05, 0) is 34.9 Å². The Balaban J connectivity index is 1.62. The molecular formula is C21H14F3NO. The van der Waals surface area contributed by atoms with Crippen LogP contribution in [0.1, 0.15) is 11.1 Å². The van der Waals surface area contributed by atoms with Crippen LogP contribution in [0.5, 0.6) is 5.75 Å². The minimum Gasteiger partial charge on any atom is -0.485 e. The smallest absolute Gasteiger partial charge is 0.416 e. The van der Waals surface area contributed by atoms with E-state index in [1.165, 1.54) is 6.07 Å². The van der Waals surface area contributed by atoms with E-state index in [0.717, 1.165) is 28.8 Å². The van der Waals surface area contributed by atoms with Crippen LogP contribution in [0.3, 0.4) is 0 Å². The molecule has 0 saturated heterocycles. The van der Waals surface area contributed by atoms with Crippen LogP contribution in [-0.2, 0) is 6.18 Å². The van der Waals surface area contributed by atoms with Gasteiger partial charge in [0, 0.05) is 0 Å². The van der Waals surface area contributed by atoms with Crippen molar-refractivity contribution in [1.29, 1.82) is 0 Å². The molecule has 5 heteroatoms. The van der Waals surface area contributed by atoms with Crippen molar-refractivity contribution < 1.29 is 17.9 Å². The molecule has 0 aliphatic carbocycles. The molecule has 1 aliphatic heterocycles. The van der Waals surface area contributed by atoms with E-state index in [4.69, 9.17) is 4.74 Å². The summed E-state index contributed by atoms with van der Waals surface area (Å²) >= 11 is 0. The second-order valence-electron chi connectivity index (χ2n) is 5.97. The highest BCUT2D eigenvalue weighted by atomic mass is 19.4. The predicted octanol–water partition coefficient (Wildman–Crippen LogP) is 5.89. The lowest BCUT2D eigenvalue weighted by molar-refractivity contribution is -0.137. The molecule has 0 radical (unpaired) electrons. The van der Waals surface area contributed by atoms with Gasteiger partial charge in [0.25, 0.3) is 0 Å². The van der Waals surface area contributed by atoms with E-state index in [1.807, 2.05) is 54.6 Å². The van der Waals surface area contributed by atoms with Gasteiger partial charge < -0.3 is 4.74 Å². The van der Waals surface area contributed by atoms with Crippen LogP contribution in [0.25, 0.3) is 11.1 Å². The van der Waals surface area contributed by atoms with Gasteiger partial charge in [-0.25, -0.2) is 4.99 Å². The third kappa shape index (κ3) is 3.20. The maximum absolute atomic E-state index is 12.8. The Labute approximate surface area is 148 Å². The Morgan fingerprint density at radius 2 is 1.42 bits per heavy atom. The average molecular weight is 353 g/mol. The topological polar surface area (TPSA) is 21.6 Å². The lowest BCUT2D eigenvalue weighted by atomic mass is 10.0. The number of alkyl halides is 3. The first-order valence-corrected chi connectivity index (χ1v) is 8.08. The first-order chi connectivity index (χ1) is 12.5. The van der Waals surface area contributed by atoms with E-state index < -0.39 is 11.7 Å². The molecule has 2 nitrogen and oxygen atoms in total. The number of fused-ring (bicyclic) bond motifs is 1. The van der Waals surface area contributed by atoms with Crippen LogP contribution in [-0.4, -0.2) is 12.3 Å². The second-order valence-corrected chi connectivity index (χ2v) is 5.97. The fraction of sp³-hybridized carbons (Fsp3) is 0.0952. The van der Waals surface area contributed by atoms with Crippen molar-refractivity contribution in [3.8, 4) is 16.9 Å². The first kappa shape index (κ1) is 16.4. The van der Waals surface area contributed by atoms with Crippen molar-refractivity contribution in [2.45, 2.75) is 6.18 Å². The number of nitrogens with zero attached hydrogens (tertiary/aromatic N) is 1. The molecular weight excluding hydrogens is 339 g/mol. The molecule has 0 aromatic heterocycles. The Morgan fingerprint density at radius 1 is 0.769 bits per heavy atom. The third-order valence-corrected chi connectivity index (χ3v) is 4.23. The Morgan fingerprint density at radius 3 is 2.12 bits per heavy atom. The minimum absolute atomic E-state index is 0.138. The summed E-state index contributed by atoms with van der Waals surface area (Å²) in [7, 11) is 0. The molecule has 1 heterocycles. The zero-order chi connectivity index (χ0) is 18.1. The van der Waals surface area contributed by atoms with Gasteiger partial charge in [-0.2, -0.15) is 13.2 Å². The summed E-state index contributed by atoms with van der Waals surface area (Å²) in [6.07, 6.45) is -4.39. The SMILES string of the molecule is FC(F)(F)c1ccc2c(c1)OCC(c1ccc(-c3ccccc3)cc1)=N2. The summed E-state index contributed by atoms with van der Waals surface area (Å²) in [5.41, 5.74) is 3.45. The van der Waals surface area contributed by atoms with Gasteiger partial charge in [-0.15, -0.1) is 0 Å². The lowest BCUT2D eigenvalue weighted by Gasteiger charge is -2.19. The van der Waals surface area contributed by atoms with E-state index in [9.17, 15) is 13.2 Å². The molecule has 0 amide bonds. The summed E-state index contributed by atoms with van der Waals surface area (Å²) in [5.74, 6) is 0.157. The maximum atomic E-state index is 12.8. The molecule has 0 atom stereocenters. The van der Waals surface area contributed by atoms with Crippen molar-refractivity contribution >= 4 is 11.4 Å². The normalized spacial score (nSPS) is 13.6. The Bertz CT molecular complexity index is 961. The third-order valence-electron chi connectivity index (χ3n) is 4.23. The quantitative estimate of drug-likeness (QED) is 0.563. The highest BCUT2D eigenvalue weighted by Gasteiger charge is 2.31. The molecule has 4 rings (SSSR count). The second kappa shape index (κ2) is 6.33. The largest absolute Gasteiger partial charge is 0.485 e. The first-order valence-electron chi connectivity index (χ1n) is 8.08. The zero-order valence-electron chi connectivity index (χ0n) is 13.6. The molecule has 0 unspecified atom stereocenters. The highest BCUT2D eigenvalue weighted by Crippen LogP contribution is 2.38. The molecule has 0 bridgehead atoms. The van der Waals surface area contributed by atoms with Gasteiger partial charge in [-0.1, -0.05) is 54.6 Å². The van der Waals surface area contributed by atoms with Gasteiger partial charge >= 0.3 is 6.18 Å². The number of benzene rings is 3. The Hall–Kier alpha value is -3.08. The van der Waals surface area contributed by atoms with E-state index in [-0.39, 0.29) is 12.4 Å². The monoisotopic (exact) mass is 353 g/mol. The molecule has 3 aromatic rings. The average Bonchev–Trinajstić information content (AvgIpc) is 2.67. The van der Waals surface area contributed by atoms with Gasteiger partial charge in [-0.3, -0.25) is 0 Å². The van der Waals surface area contributed by atoms with Crippen molar-refractivity contribution in [2.24, 2.45) is 4.99 Å². The fourth-order valence-corrected chi connectivity index (χ4v) is 2.86. The summed E-state index contributed by atoms with van der Waals surface area (Å²) in [6, 6.07) is 21.2. The summed E-state index contributed by atoms with van der Waals surface area (Å²) in [5, 5.41) is 0. The van der Waals surface area contributed by atoms with Crippen LogP contribution in [0.4, 0.5) is 18.9 Å². The van der Waals surface area contributed by atoms with Crippen molar-refractivity contribution in [2.75, 3.05) is 6.61 Å². The van der Waals surface area contributed by atoms with E-state index >= 15 is 0 Å². The van der Waals surface area contributed by atoms with Crippen LogP contribution >= 0.6 is 0 Å². The maximum Gasteiger partial charge on any atom is 0.416 e. The molecule has 0 fully saturated rings. The van der Waals surface area contributed by atoms with Crippen LogP contribution in [0.15, 0.2) is 77.8 Å². The van der Waals surface area contributed by atoms with Gasteiger partial charge in [0.1, 0.15) is 18.0 Å². The number of halogens is 3. The van der Waals surface area contributed by atoms with Gasteiger partial charge in [0.15, 0.2) is 0 Å². The van der Waals surface area contributed by atoms with Crippen LogP contribution < -0.4 is 4.74 Å². The molecule has 3 aromatic carbocycles. The van der Waals surface area contributed by atoms with Gasteiger partial charge in [0.2, 0.25) is 0 Å². The molecule has 1 aliphatic rings. The summed E-state index contributed by atoms with van der Waals surface area (Å²) < 4.78 is 43.9. The van der Waals surface area contributed by atoms with Crippen molar-refractivity contribution in [3.05, 3.63) is 83.9 Å². The molecule has 26 heavy (non-hydrogen) atoms. The number of rotatable bonds is 2. The number of aliphatic imine (C=N–C) groups is 1. The molecule has 0 spiro atoms.